The Balaban J connectivity index is 2.36. The number of hydrogen-bond donors (Lipinski definition) is 2. The first-order chi connectivity index (χ1) is 9.97. The smallest absolute Gasteiger partial charge is 0.358 e. The second kappa shape index (κ2) is 5.95. The third-order valence-electron chi connectivity index (χ3n) is 2.56. The summed E-state index contributed by atoms with van der Waals surface area (Å²) in [6, 6.07) is 5.50. The van der Waals surface area contributed by atoms with Crippen LogP contribution in [0.15, 0.2) is 24.3 Å². The van der Waals surface area contributed by atoms with Crippen LogP contribution in [-0.2, 0) is 11.3 Å². The lowest BCUT2D eigenvalue weighted by atomic mass is 10.2. The minimum absolute atomic E-state index is 0.0502. The third kappa shape index (κ3) is 3.50. The van der Waals surface area contributed by atoms with Gasteiger partial charge in [-0.25, -0.2) is 13.9 Å². The Kier molecular flexibility index (Phi) is 4.07. The number of hydrogen-bond acceptors (Lipinski definition) is 4. The van der Waals surface area contributed by atoms with Gasteiger partial charge in [-0.15, -0.1) is 5.10 Å². The van der Waals surface area contributed by atoms with Gasteiger partial charge >= 0.3 is 11.9 Å². The lowest BCUT2D eigenvalue weighted by Gasteiger charge is -2.00. The van der Waals surface area contributed by atoms with E-state index in [4.69, 9.17) is 10.2 Å². The van der Waals surface area contributed by atoms with Gasteiger partial charge in [0, 0.05) is 0 Å². The maximum Gasteiger partial charge on any atom is 0.358 e. The number of carboxylic acid groups (broad SMARTS) is 2. The quantitative estimate of drug-likeness (QED) is 0.862. The first-order valence-corrected chi connectivity index (χ1v) is 5.79. The average molecular weight is 291 g/mol. The third-order valence-corrected chi connectivity index (χ3v) is 2.56. The number of carbonyl (C=O) groups is 2. The van der Waals surface area contributed by atoms with Crippen molar-refractivity contribution in [2.75, 3.05) is 0 Å². The van der Waals surface area contributed by atoms with Crippen LogP contribution in [0.1, 0.15) is 21.7 Å². The standard InChI is InChI=1S/C13H10FN3O4/c14-9-4-1-8(2-5-9)3-6-10-12(13(20)21)15-16-17(10)7-11(18)19/h1-6H,7H2,(H,18,19)(H,20,21)/b6-3+. The molecule has 2 aromatic rings. The summed E-state index contributed by atoms with van der Waals surface area (Å²) in [5, 5.41) is 24.7. The van der Waals surface area contributed by atoms with Crippen molar-refractivity contribution in [3.8, 4) is 0 Å². The fraction of sp³-hybridized carbons (Fsp3) is 0.0769. The monoisotopic (exact) mass is 291 g/mol. The van der Waals surface area contributed by atoms with E-state index in [9.17, 15) is 14.0 Å². The van der Waals surface area contributed by atoms with Crippen LogP contribution in [-0.4, -0.2) is 37.1 Å². The molecule has 0 fully saturated rings. The molecule has 0 aliphatic heterocycles. The Labute approximate surface area is 117 Å². The molecule has 0 aliphatic carbocycles. The molecule has 1 aromatic heterocycles. The summed E-state index contributed by atoms with van der Waals surface area (Å²) in [7, 11) is 0. The highest BCUT2D eigenvalue weighted by Gasteiger charge is 2.18. The van der Waals surface area contributed by atoms with Crippen molar-refractivity contribution in [3.63, 3.8) is 0 Å². The summed E-state index contributed by atoms with van der Waals surface area (Å²) in [4.78, 5) is 21.7. The largest absolute Gasteiger partial charge is 0.480 e. The van der Waals surface area contributed by atoms with Gasteiger partial charge in [0.1, 0.15) is 12.4 Å². The molecule has 0 saturated carbocycles. The molecule has 0 bridgehead atoms. The molecule has 2 N–H and O–H groups in total. The van der Waals surface area contributed by atoms with E-state index in [0.29, 0.717) is 5.56 Å². The van der Waals surface area contributed by atoms with Gasteiger partial charge in [-0.3, -0.25) is 4.79 Å². The Morgan fingerprint density at radius 1 is 1.19 bits per heavy atom. The van der Waals surface area contributed by atoms with Gasteiger partial charge in [-0.2, -0.15) is 0 Å². The molecular weight excluding hydrogens is 281 g/mol. The number of benzene rings is 1. The molecule has 0 unspecified atom stereocenters. The molecule has 7 nitrogen and oxygen atoms in total. The summed E-state index contributed by atoms with van der Waals surface area (Å²) in [5.41, 5.74) is 0.319. The number of aromatic nitrogens is 3. The van der Waals surface area contributed by atoms with Crippen molar-refractivity contribution in [2.24, 2.45) is 0 Å². The van der Waals surface area contributed by atoms with Crippen molar-refractivity contribution < 1.29 is 24.2 Å². The molecule has 8 heteroatoms. The fourth-order valence-corrected chi connectivity index (χ4v) is 1.63. The summed E-state index contributed by atoms with van der Waals surface area (Å²) in [5.74, 6) is -2.88. The summed E-state index contributed by atoms with van der Waals surface area (Å²) in [6.45, 7) is -0.511. The molecule has 0 saturated heterocycles. The van der Waals surface area contributed by atoms with Crippen molar-refractivity contribution >= 4 is 24.1 Å². The van der Waals surface area contributed by atoms with E-state index >= 15 is 0 Å². The van der Waals surface area contributed by atoms with Gasteiger partial charge < -0.3 is 10.2 Å². The lowest BCUT2D eigenvalue weighted by molar-refractivity contribution is -0.137. The SMILES string of the molecule is O=C(O)Cn1nnc(C(=O)O)c1/C=C/c1ccc(F)cc1. The zero-order valence-corrected chi connectivity index (χ0v) is 10.6. The molecule has 1 heterocycles. The van der Waals surface area contributed by atoms with E-state index in [1.54, 1.807) is 0 Å². The first-order valence-electron chi connectivity index (χ1n) is 5.79. The Morgan fingerprint density at radius 2 is 1.86 bits per heavy atom. The van der Waals surface area contributed by atoms with Crippen LogP contribution in [0, 0.1) is 5.82 Å². The fourth-order valence-electron chi connectivity index (χ4n) is 1.63. The van der Waals surface area contributed by atoms with E-state index in [-0.39, 0.29) is 11.4 Å². The predicted octanol–water partition coefficient (Wildman–Crippen LogP) is 1.37. The molecule has 1 aromatic carbocycles. The summed E-state index contributed by atoms with van der Waals surface area (Å²) < 4.78 is 13.8. The van der Waals surface area contributed by atoms with Crippen molar-refractivity contribution in [3.05, 3.63) is 47.0 Å². The highest BCUT2D eigenvalue weighted by atomic mass is 19.1. The predicted molar refractivity (Wildman–Crippen MR) is 69.9 cm³/mol. The Hall–Kier alpha value is -3.03. The number of aromatic carboxylic acids is 1. The van der Waals surface area contributed by atoms with Crippen molar-refractivity contribution in [2.45, 2.75) is 6.54 Å². The Morgan fingerprint density at radius 3 is 2.43 bits per heavy atom. The number of carboxylic acids is 2. The van der Waals surface area contributed by atoms with Crippen LogP contribution < -0.4 is 0 Å². The van der Waals surface area contributed by atoms with E-state index < -0.39 is 24.3 Å². The van der Waals surface area contributed by atoms with E-state index in [1.807, 2.05) is 0 Å². The minimum Gasteiger partial charge on any atom is -0.480 e. The zero-order valence-electron chi connectivity index (χ0n) is 10.6. The topological polar surface area (TPSA) is 105 Å². The highest BCUT2D eigenvalue weighted by molar-refractivity contribution is 5.90. The van der Waals surface area contributed by atoms with Gasteiger partial charge in [-0.05, 0) is 23.8 Å². The first kappa shape index (κ1) is 14.4. The Bertz CT molecular complexity index is 707. The molecule has 2 rings (SSSR count). The average Bonchev–Trinajstić information content (AvgIpc) is 2.80. The van der Waals surface area contributed by atoms with Crippen LogP contribution in [0.2, 0.25) is 0 Å². The molecule has 0 radical (unpaired) electrons. The van der Waals surface area contributed by atoms with Crippen molar-refractivity contribution in [1.29, 1.82) is 0 Å². The molecule has 0 amide bonds. The van der Waals surface area contributed by atoms with Crippen LogP contribution >= 0.6 is 0 Å². The molecule has 0 spiro atoms. The molecule has 21 heavy (non-hydrogen) atoms. The van der Waals surface area contributed by atoms with Gasteiger partial charge in [0.2, 0.25) is 0 Å². The van der Waals surface area contributed by atoms with Gasteiger partial charge in [0.15, 0.2) is 5.69 Å². The second-order valence-corrected chi connectivity index (χ2v) is 4.06. The number of halogens is 1. The molecule has 0 aliphatic rings. The number of nitrogens with zero attached hydrogens (tertiary/aromatic N) is 3. The number of aliphatic carboxylic acids is 1. The number of rotatable bonds is 5. The molecule has 0 atom stereocenters. The van der Waals surface area contributed by atoms with Crippen LogP contribution in [0.3, 0.4) is 0 Å². The van der Waals surface area contributed by atoms with Crippen LogP contribution in [0.25, 0.3) is 12.2 Å². The maximum atomic E-state index is 12.8. The van der Waals surface area contributed by atoms with Crippen molar-refractivity contribution in [1.82, 2.24) is 15.0 Å². The lowest BCUT2D eigenvalue weighted by Crippen LogP contribution is -2.12. The normalized spacial score (nSPS) is 10.9. The molecular formula is C13H10FN3O4. The van der Waals surface area contributed by atoms with E-state index in [1.165, 1.54) is 36.4 Å². The van der Waals surface area contributed by atoms with Crippen LogP contribution in [0.4, 0.5) is 4.39 Å². The highest BCUT2D eigenvalue weighted by Crippen LogP contribution is 2.12. The summed E-state index contributed by atoms with van der Waals surface area (Å²) >= 11 is 0. The van der Waals surface area contributed by atoms with Gasteiger partial charge in [0.05, 0.1) is 5.69 Å². The molecule has 108 valence electrons. The van der Waals surface area contributed by atoms with E-state index in [2.05, 4.69) is 10.3 Å². The van der Waals surface area contributed by atoms with Gasteiger partial charge in [0.25, 0.3) is 0 Å². The zero-order chi connectivity index (χ0) is 15.4. The minimum atomic E-state index is -1.31. The second-order valence-electron chi connectivity index (χ2n) is 4.06. The summed E-state index contributed by atoms with van der Waals surface area (Å²) in [6.07, 6.45) is 2.89. The van der Waals surface area contributed by atoms with Gasteiger partial charge in [-0.1, -0.05) is 23.4 Å². The van der Waals surface area contributed by atoms with Crippen LogP contribution in [0.5, 0.6) is 0 Å². The maximum absolute atomic E-state index is 12.8. The van der Waals surface area contributed by atoms with E-state index in [0.717, 1.165) is 4.68 Å².